The van der Waals surface area contributed by atoms with E-state index in [4.69, 9.17) is 0 Å². The number of aromatic nitrogens is 1. The molecule has 0 amide bonds. The summed E-state index contributed by atoms with van der Waals surface area (Å²) >= 11 is 1.65. The highest BCUT2D eigenvalue weighted by Crippen LogP contribution is 2.22. The van der Waals surface area contributed by atoms with Gasteiger partial charge in [0.25, 0.3) is 0 Å². The number of thioether (sulfide) groups is 1. The molecule has 1 heterocycles. The van der Waals surface area contributed by atoms with Crippen molar-refractivity contribution in [2.75, 3.05) is 16.8 Å². The van der Waals surface area contributed by atoms with Crippen molar-refractivity contribution >= 4 is 23.5 Å². The Balaban J connectivity index is 2.14. The Kier molecular flexibility index (Phi) is 16.0. The normalized spacial score (nSPS) is 14.8. The van der Waals surface area contributed by atoms with E-state index in [9.17, 15) is 9.90 Å². The fourth-order valence-corrected chi connectivity index (χ4v) is 5.00. The maximum atomic E-state index is 11.5. The third-order valence-electron chi connectivity index (χ3n) is 6.26. The second-order valence-corrected chi connectivity index (χ2v) is 11.3. The Morgan fingerprint density at radius 2 is 1.67 bits per heavy atom. The first-order valence-corrected chi connectivity index (χ1v) is 14.1. The Labute approximate surface area is 207 Å². The molecule has 188 valence electrons. The minimum atomic E-state index is -0.840. The van der Waals surface area contributed by atoms with Gasteiger partial charge in [0.15, 0.2) is 0 Å². The van der Waals surface area contributed by atoms with Crippen molar-refractivity contribution in [2.45, 2.75) is 98.4 Å². The average molecular weight is 477 g/mol. The van der Waals surface area contributed by atoms with E-state index in [1.165, 1.54) is 56.9 Å². The van der Waals surface area contributed by atoms with Crippen LogP contribution >= 0.6 is 11.8 Å². The van der Waals surface area contributed by atoms with E-state index in [0.717, 1.165) is 29.9 Å². The molecule has 0 saturated heterocycles. The number of pyridine rings is 1. The van der Waals surface area contributed by atoms with Crippen LogP contribution in [0.3, 0.4) is 0 Å². The molecule has 0 spiro atoms. The number of rotatable bonds is 19. The molecule has 0 radical (unpaired) electrons. The molecule has 1 aromatic rings. The van der Waals surface area contributed by atoms with Crippen LogP contribution in [0, 0.1) is 17.8 Å². The number of carbonyl (C=O) groups is 1. The monoisotopic (exact) mass is 476 g/mol. The first kappa shape index (κ1) is 29.5. The lowest BCUT2D eigenvalue weighted by Gasteiger charge is -2.15. The third-order valence-corrected chi connectivity index (χ3v) is 7.23. The summed E-state index contributed by atoms with van der Waals surface area (Å²) in [6.07, 6.45) is 15.9. The van der Waals surface area contributed by atoms with Crippen LogP contribution in [-0.4, -0.2) is 33.6 Å². The molecule has 33 heavy (non-hydrogen) atoms. The number of allylic oxidation sites excluding steroid dienone is 1. The maximum absolute atomic E-state index is 11.5. The SMILES string of the molecule is C/C(=C\CSCC(Nc1ccccn1)C(=O)O)CCCC(C)CCCC(C)CCCC(C)C. The molecular weight excluding hydrogens is 428 g/mol. The summed E-state index contributed by atoms with van der Waals surface area (Å²) in [7, 11) is 0. The van der Waals surface area contributed by atoms with Crippen LogP contribution < -0.4 is 5.32 Å². The van der Waals surface area contributed by atoms with Crippen LogP contribution in [0.15, 0.2) is 36.0 Å². The molecule has 2 N–H and O–H groups in total. The zero-order valence-corrected chi connectivity index (χ0v) is 22.5. The molecule has 0 saturated carbocycles. The molecule has 4 nitrogen and oxygen atoms in total. The molecule has 1 aromatic heterocycles. The molecule has 0 fully saturated rings. The first-order chi connectivity index (χ1) is 15.8. The largest absolute Gasteiger partial charge is 0.480 e. The lowest BCUT2D eigenvalue weighted by Crippen LogP contribution is -2.32. The lowest BCUT2D eigenvalue weighted by atomic mass is 9.91. The molecule has 0 aromatic carbocycles. The highest BCUT2D eigenvalue weighted by Gasteiger charge is 2.17. The highest BCUT2D eigenvalue weighted by atomic mass is 32.2. The summed E-state index contributed by atoms with van der Waals surface area (Å²) in [4.78, 5) is 15.7. The van der Waals surface area contributed by atoms with Gasteiger partial charge in [0.1, 0.15) is 11.9 Å². The Hall–Kier alpha value is -1.49. The summed E-state index contributed by atoms with van der Waals surface area (Å²) < 4.78 is 0. The summed E-state index contributed by atoms with van der Waals surface area (Å²) in [5.74, 6) is 3.65. The number of anilines is 1. The predicted octanol–water partition coefficient (Wildman–Crippen LogP) is 8.07. The van der Waals surface area contributed by atoms with E-state index in [2.05, 4.69) is 51.0 Å². The fourth-order valence-electron chi connectivity index (χ4n) is 4.00. The van der Waals surface area contributed by atoms with Crippen molar-refractivity contribution < 1.29 is 9.90 Å². The number of nitrogens with one attached hydrogen (secondary N) is 1. The van der Waals surface area contributed by atoms with Crippen LogP contribution in [0.25, 0.3) is 0 Å². The summed E-state index contributed by atoms with van der Waals surface area (Å²) in [6.45, 7) is 11.7. The minimum absolute atomic E-state index is 0.516. The third kappa shape index (κ3) is 15.9. The van der Waals surface area contributed by atoms with Crippen molar-refractivity contribution in [2.24, 2.45) is 17.8 Å². The zero-order chi connectivity index (χ0) is 24.5. The van der Waals surface area contributed by atoms with Gasteiger partial charge in [-0.25, -0.2) is 9.78 Å². The van der Waals surface area contributed by atoms with E-state index in [1.807, 2.05) is 12.1 Å². The second-order valence-electron chi connectivity index (χ2n) is 10.2. The molecular formula is C28H48N2O2S. The van der Waals surface area contributed by atoms with Crippen LogP contribution in [-0.2, 0) is 4.79 Å². The topological polar surface area (TPSA) is 62.2 Å². The molecule has 0 bridgehead atoms. The molecule has 5 heteroatoms. The smallest absolute Gasteiger partial charge is 0.327 e. The van der Waals surface area contributed by atoms with Gasteiger partial charge in [-0.1, -0.05) is 90.4 Å². The standard InChI is InChI=1S/C28H48N2O2S/c1-22(2)11-8-12-23(3)13-9-14-24(4)15-10-16-25(5)18-20-33-21-26(28(31)32)30-27-17-6-7-19-29-27/h6-7,17-19,22-24,26H,8-16,20-21H2,1-5H3,(H,29,30)(H,31,32)/b25-18+. The highest BCUT2D eigenvalue weighted by molar-refractivity contribution is 7.99. The maximum Gasteiger partial charge on any atom is 0.327 e. The van der Waals surface area contributed by atoms with Gasteiger partial charge in [-0.05, 0) is 49.7 Å². The van der Waals surface area contributed by atoms with Crippen LogP contribution in [0.4, 0.5) is 5.82 Å². The van der Waals surface area contributed by atoms with Gasteiger partial charge < -0.3 is 10.4 Å². The van der Waals surface area contributed by atoms with Crippen molar-refractivity contribution in [3.8, 4) is 0 Å². The number of hydrogen-bond donors (Lipinski definition) is 2. The Morgan fingerprint density at radius 1 is 1.03 bits per heavy atom. The quantitative estimate of drug-likeness (QED) is 0.156. The molecule has 3 unspecified atom stereocenters. The fraction of sp³-hybridized carbons (Fsp3) is 0.714. The van der Waals surface area contributed by atoms with Crippen LogP contribution in [0.5, 0.6) is 0 Å². The summed E-state index contributed by atoms with van der Waals surface area (Å²) in [5.41, 5.74) is 1.41. The van der Waals surface area contributed by atoms with Gasteiger partial charge in [0, 0.05) is 17.7 Å². The van der Waals surface area contributed by atoms with Crippen LogP contribution in [0.1, 0.15) is 92.4 Å². The molecule has 0 aliphatic heterocycles. The average Bonchev–Trinajstić information content (AvgIpc) is 2.76. The second kappa shape index (κ2) is 17.9. The van der Waals surface area contributed by atoms with Crippen molar-refractivity contribution in [3.05, 3.63) is 36.0 Å². The molecule has 3 atom stereocenters. The van der Waals surface area contributed by atoms with Crippen molar-refractivity contribution in [1.82, 2.24) is 4.98 Å². The summed E-state index contributed by atoms with van der Waals surface area (Å²) in [5, 5.41) is 12.4. The van der Waals surface area contributed by atoms with Gasteiger partial charge in [0.05, 0.1) is 0 Å². The predicted molar refractivity (Wildman–Crippen MR) is 145 cm³/mol. The number of aliphatic carboxylic acids is 1. The number of carboxylic acids is 1. The van der Waals surface area contributed by atoms with Crippen molar-refractivity contribution in [1.29, 1.82) is 0 Å². The number of hydrogen-bond acceptors (Lipinski definition) is 4. The molecule has 0 aliphatic rings. The Bertz CT molecular complexity index is 663. The van der Waals surface area contributed by atoms with Gasteiger partial charge in [-0.15, -0.1) is 0 Å². The van der Waals surface area contributed by atoms with E-state index in [1.54, 1.807) is 24.0 Å². The molecule has 1 rings (SSSR count). The van der Waals surface area contributed by atoms with Gasteiger partial charge >= 0.3 is 5.97 Å². The van der Waals surface area contributed by atoms with Gasteiger partial charge in [-0.2, -0.15) is 11.8 Å². The Morgan fingerprint density at radius 3 is 2.24 bits per heavy atom. The van der Waals surface area contributed by atoms with Crippen LogP contribution in [0.2, 0.25) is 0 Å². The minimum Gasteiger partial charge on any atom is -0.480 e. The van der Waals surface area contributed by atoms with Gasteiger partial charge in [0.2, 0.25) is 0 Å². The van der Waals surface area contributed by atoms with Crippen molar-refractivity contribution in [3.63, 3.8) is 0 Å². The summed E-state index contributed by atoms with van der Waals surface area (Å²) in [6, 6.07) is 4.84. The zero-order valence-electron chi connectivity index (χ0n) is 21.7. The first-order valence-electron chi connectivity index (χ1n) is 12.9. The van der Waals surface area contributed by atoms with E-state index < -0.39 is 12.0 Å². The van der Waals surface area contributed by atoms with E-state index in [-0.39, 0.29) is 0 Å². The molecule has 0 aliphatic carbocycles. The van der Waals surface area contributed by atoms with E-state index >= 15 is 0 Å². The van der Waals surface area contributed by atoms with E-state index in [0.29, 0.717) is 11.6 Å². The lowest BCUT2D eigenvalue weighted by molar-refractivity contribution is -0.137. The number of carboxylic acid groups (broad SMARTS) is 1. The number of nitrogens with zero attached hydrogens (tertiary/aromatic N) is 1. The van der Waals surface area contributed by atoms with Gasteiger partial charge in [-0.3, -0.25) is 0 Å².